The zero-order valence-electron chi connectivity index (χ0n) is 9.68. The van der Waals surface area contributed by atoms with Gasteiger partial charge in [-0.15, -0.1) is 0 Å². The van der Waals surface area contributed by atoms with Gasteiger partial charge in [-0.2, -0.15) is 4.98 Å². The normalized spacial score (nSPS) is 10.6. The van der Waals surface area contributed by atoms with Crippen LogP contribution in [0, 0.1) is 0 Å². The van der Waals surface area contributed by atoms with Crippen molar-refractivity contribution in [2.75, 3.05) is 0 Å². The van der Waals surface area contributed by atoms with Crippen LogP contribution in [0.1, 0.15) is 0 Å². The van der Waals surface area contributed by atoms with Crippen molar-refractivity contribution in [2.24, 2.45) is 0 Å². The van der Waals surface area contributed by atoms with Crippen molar-refractivity contribution in [3.8, 4) is 22.8 Å². The van der Waals surface area contributed by atoms with Crippen LogP contribution in [-0.2, 0) is 0 Å². The van der Waals surface area contributed by atoms with Gasteiger partial charge in [-0.3, -0.25) is 0 Å². The second-order valence-corrected chi connectivity index (χ2v) is 5.68. The maximum absolute atomic E-state index is 5.31. The van der Waals surface area contributed by atoms with E-state index in [1.165, 1.54) is 0 Å². The van der Waals surface area contributed by atoms with Crippen molar-refractivity contribution in [3.05, 3.63) is 57.5 Å². The van der Waals surface area contributed by atoms with E-state index in [0.717, 1.165) is 20.1 Å². The number of nitrogens with zero attached hydrogens (tertiary/aromatic N) is 2. The number of halogens is 2. The van der Waals surface area contributed by atoms with Crippen molar-refractivity contribution >= 4 is 31.9 Å². The number of hydrogen-bond donors (Lipinski definition) is 0. The molecule has 0 atom stereocenters. The molecule has 5 heteroatoms. The topological polar surface area (TPSA) is 38.9 Å². The minimum Gasteiger partial charge on any atom is -0.334 e. The average molecular weight is 380 g/mol. The molecule has 0 amide bonds. The first-order chi connectivity index (χ1) is 9.24. The molecule has 0 unspecified atom stereocenters. The molecule has 19 heavy (non-hydrogen) atoms. The molecular weight excluding hydrogens is 372 g/mol. The number of hydrogen-bond acceptors (Lipinski definition) is 3. The van der Waals surface area contributed by atoms with Gasteiger partial charge in [0.05, 0.1) is 5.56 Å². The lowest BCUT2D eigenvalue weighted by Gasteiger charge is -1.96. The van der Waals surface area contributed by atoms with Crippen LogP contribution in [0.3, 0.4) is 0 Å². The highest BCUT2D eigenvalue weighted by molar-refractivity contribution is 9.10. The summed E-state index contributed by atoms with van der Waals surface area (Å²) < 4.78 is 7.26. The first-order valence-electron chi connectivity index (χ1n) is 5.58. The Kier molecular flexibility index (Phi) is 3.48. The Morgan fingerprint density at radius 1 is 0.895 bits per heavy atom. The van der Waals surface area contributed by atoms with Crippen LogP contribution in [0.5, 0.6) is 0 Å². The Labute approximate surface area is 126 Å². The van der Waals surface area contributed by atoms with Crippen molar-refractivity contribution in [1.82, 2.24) is 10.1 Å². The smallest absolute Gasteiger partial charge is 0.259 e. The third kappa shape index (κ3) is 2.62. The summed E-state index contributed by atoms with van der Waals surface area (Å²) in [6.07, 6.45) is 0. The molecule has 1 heterocycles. The third-order valence-electron chi connectivity index (χ3n) is 2.63. The number of aromatic nitrogens is 2. The fourth-order valence-electron chi connectivity index (χ4n) is 1.68. The lowest BCUT2D eigenvalue weighted by atomic mass is 10.2. The van der Waals surface area contributed by atoms with Crippen molar-refractivity contribution in [3.63, 3.8) is 0 Å². The third-order valence-corrected chi connectivity index (χ3v) is 3.85. The molecule has 0 spiro atoms. The van der Waals surface area contributed by atoms with Gasteiger partial charge in [0.25, 0.3) is 5.89 Å². The van der Waals surface area contributed by atoms with Crippen molar-refractivity contribution in [1.29, 1.82) is 0 Å². The zero-order valence-corrected chi connectivity index (χ0v) is 12.8. The van der Waals surface area contributed by atoms with E-state index in [-0.39, 0.29) is 0 Å². The quantitative estimate of drug-likeness (QED) is 0.633. The maximum Gasteiger partial charge on any atom is 0.259 e. The summed E-state index contributed by atoms with van der Waals surface area (Å²) in [6, 6.07) is 15.5. The van der Waals surface area contributed by atoms with Crippen LogP contribution in [0.4, 0.5) is 0 Å². The number of benzene rings is 2. The molecule has 0 aliphatic heterocycles. The van der Waals surface area contributed by atoms with Crippen molar-refractivity contribution in [2.45, 2.75) is 0 Å². The van der Waals surface area contributed by atoms with E-state index in [4.69, 9.17) is 4.52 Å². The Morgan fingerprint density at radius 2 is 1.63 bits per heavy atom. The highest BCUT2D eigenvalue weighted by Crippen LogP contribution is 2.28. The zero-order chi connectivity index (χ0) is 13.2. The van der Waals surface area contributed by atoms with E-state index in [1.54, 1.807) is 0 Å². The predicted octanol–water partition coefficient (Wildman–Crippen LogP) is 4.93. The Bertz CT molecular complexity index is 707. The van der Waals surface area contributed by atoms with Crippen LogP contribution < -0.4 is 0 Å². The van der Waals surface area contributed by atoms with Gasteiger partial charge < -0.3 is 4.52 Å². The van der Waals surface area contributed by atoms with Gasteiger partial charge in [0.15, 0.2) is 0 Å². The van der Waals surface area contributed by atoms with Crippen LogP contribution >= 0.6 is 31.9 Å². The van der Waals surface area contributed by atoms with E-state index in [1.807, 2.05) is 48.5 Å². The summed E-state index contributed by atoms with van der Waals surface area (Å²) in [4.78, 5) is 4.42. The summed E-state index contributed by atoms with van der Waals surface area (Å²) in [5.74, 6) is 1.09. The molecule has 0 aliphatic carbocycles. The minimum atomic E-state index is 0.505. The van der Waals surface area contributed by atoms with Gasteiger partial charge in [0.1, 0.15) is 0 Å². The molecule has 1 aromatic heterocycles. The summed E-state index contributed by atoms with van der Waals surface area (Å²) in [7, 11) is 0. The summed E-state index contributed by atoms with van der Waals surface area (Å²) in [6.45, 7) is 0. The lowest BCUT2D eigenvalue weighted by molar-refractivity contribution is 0.432. The van der Waals surface area contributed by atoms with Crippen LogP contribution in [0.2, 0.25) is 0 Å². The van der Waals surface area contributed by atoms with Gasteiger partial charge in [-0.25, -0.2) is 0 Å². The highest BCUT2D eigenvalue weighted by Gasteiger charge is 2.12. The molecule has 3 nitrogen and oxygen atoms in total. The molecule has 3 rings (SSSR count). The van der Waals surface area contributed by atoms with E-state index in [0.29, 0.717) is 11.7 Å². The molecule has 0 radical (unpaired) electrons. The van der Waals surface area contributed by atoms with E-state index < -0.39 is 0 Å². The van der Waals surface area contributed by atoms with Gasteiger partial charge >= 0.3 is 0 Å². The Balaban J connectivity index is 2.00. The molecule has 3 aromatic rings. The largest absolute Gasteiger partial charge is 0.334 e. The number of rotatable bonds is 2. The second-order valence-electron chi connectivity index (χ2n) is 3.91. The molecule has 2 aromatic carbocycles. The second kappa shape index (κ2) is 5.27. The van der Waals surface area contributed by atoms with Crippen LogP contribution in [-0.4, -0.2) is 10.1 Å². The summed E-state index contributed by atoms with van der Waals surface area (Å²) in [5, 5.41) is 4.01. The Morgan fingerprint density at radius 3 is 2.37 bits per heavy atom. The van der Waals surface area contributed by atoms with E-state index in [9.17, 15) is 0 Å². The molecule has 0 saturated carbocycles. The van der Waals surface area contributed by atoms with Crippen LogP contribution in [0.15, 0.2) is 62.0 Å². The van der Waals surface area contributed by atoms with Gasteiger partial charge in [0, 0.05) is 14.5 Å². The monoisotopic (exact) mass is 378 g/mol. The highest BCUT2D eigenvalue weighted by atomic mass is 79.9. The first kappa shape index (κ1) is 12.6. The lowest BCUT2D eigenvalue weighted by Crippen LogP contribution is -1.81. The first-order valence-corrected chi connectivity index (χ1v) is 7.17. The average Bonchev–Trinajstić information content (AvgIpc) is 2.89. The molecule has 94 valence electrons. The maximum atomic E-state index is 5.31. The minimum absolute atomic E-state index is 0.505. The molecule has 0 fully saturated rings. The molecule has 0 bridgehead atoms. The molecule has 0 N–H and O–H groups in total. The van der Waals surface area contributed by atoms with Crippen LogP contribution in [0.25, 0.3) is 22.8 Å². The van der Waals surface area contributed by atoms with Gasteiger partial charge in [-0.1, -0.05) is 33.2 Å². The fourth-order valence-corrected chi connectivity index (χ4v) is 2.40. The summed E-state index contributed by atoms with van der Waals surface area (Å²) >= 11 is 6.87. The predicted molar refractivity (Wildman–Crippen MR) is 80.6 cm³/mol. The standard InChI is InChI=1S/C14H8Br2N2O/c15-10-7-5-9(6-8-10)13-17-14(19-18-13)11-3-1-2-4-12(11)16/h1-8H. The van der Waals surface area contributed by atoms with Gasteiger partial charge in [-0.05, 0) is 52.3 Å². The molecule has 0 saturated heterocycles. The SMILES string of the molecule is Brc1ccc(-c2noc(-c3ccccc3Br)n2)cc1. The van der Waals surface area contributed by atoms with E-state index >= 15 is 0 Å². The fraction of sp³-hybridized carbons (Fsp3) is 0. The van der Waals surface area contributed by atoms with Crippen molar-refractivity contribution < 1.29 is 4.52 Å². The molecule has 0 aliphatic rings. The summed E-state index contributed by atoms with van der Waals surface area (Å²) in [5.41, 5.74) is 1.81. The Hall–Kier alpha value is -1.46. The molecular formula is C14H8Br2N2O. The van der Waals surface area contributed by atoms with Gasteiger partial charge in [0.2, 0.25) is 5.82 Å². The van der Waals surface area contributed by atoms with E-state index in [2.05, 4.69) is 42.0 Å².